The molecule has 4 rings (SSSR count). The number of hydrogen-bond acceptors (Lipinski definition) is 8. The van der Waals surface area contributed by atoms with Gasteiger partial charge in [-0.2, -0.15) is 0 Å². The van der Waals surface area contributed by atoms with E-state index in [2.05, 4.69) is 10.3 Å². The van der Waals surface area contributed by atoms with E-state index in [0.29, 0.717) is 40.4 Å². The lowest BCUT2D eigenvalue weighted by Crippen LogP contribution is -2.28. The minimum absolute atomic E-state index is 0.0487. The fraction of sp³-hybridized carbons (Fsp3) is 0.182. The monoisotopic (exact) mass is 406 g/mol. The molecule has 8 nitrogen and oxygen atoms in total. The van der Waals surface area contributed by atoms with Crippen LogP contribution < -0.4 is 16.8 Å². The predicted molar refractivity (Wildman–Crippen MR) is 113 cm³/mol. The van der Waals surface area contributed by atoms with E-state index >= 15 is 0 Å². The van der Waals surface area contributed by atoms with Gasteiger partial charge in [0.05, 0.1) is 6.04 Å². The van der Waals surface area contributed by atoms with Crippen molar-refractivity contribution in [2.24, 2.45) is 11.5 Å². The number of carbonyl (C=O) groups excluding carboxylic acids is 1. The number of phenols is 1. The first-order valence-electron chi connectivity index (χ1n) is 9.52. The molecule has 0 aliphatic heterocycles. The SMILES string of the molecule is NCCNC(c1ccncc1)c1c(O)c2ccccc2c2occ(C(=O)OCN)c12. The third kappa shape index (κ3) is 3.37. The van der Waals surface area contributed by atoms with E-state index in [1.807, 2.05) is 30.3 Å². The van der Waals surface area contributed by atoms with Gasteiger partial charge in [-0.25, -0.2) is 4.79 Å². The van der Waals surface area contributed by atoms with Crippen molar-refractivity contribution in [1.82, 2.24) is 10.3 Å². The lowest BCUT2D eigenvalue weighted by atomic mass is 9.90. The fourth-order valence-electron chi connectivity index (χ4n) is 3.73. The average Bonchev–Trinajstić information content (AvgIpc) is 3.22. The molecule has 0 amide bonds. The molecule has 0 bridgehead atoms. The molecule has 8 heteroatoms. The Morgan fingerprint density at radius 2 is 1.90 bits per heavy atom. The number of nitrogens with two attached hydrogens (primary N) is 2. The van der Waals surface area contributed by atoms with Crippen LogP contribution in [0.3, 0.4) is 0 Å². The molecule has 2 aromatic carbocycles. The fourth-order valence-corrected chi connectivity index (χ4v) is 3.73. The van der Waals surface area contributed by atoms with Crippen LogP contribution in [-0.2, 0) is 4.74 Å². The molecule has 0 radical (unpaired) electrons. The second-order valence-corrected chi connectivity index (χ2v) is 6.72. The van der Waals surface area contributed by atoms with E-state index in [-0.39, 0.29) is 18.0 Å². The molecule has 1 atom stereocenters. The minimum Gasteiger partial charge on any atom is -0.507 e. The highest BCUT2D eigenvalue weighted by Crippen LogP contribution is 2.44. The molecule has 0 aliphatic carbocycles. The molecule has 0 spiro atoms. The number of benzene rings is 2. The smallest absolute Gasteiger partial charge is 0.343 e. The van der Waals surface area contributed by atoms with Crippen LogP contribution in [0.15, 0.2) is 59.5 Å². The number of aromatic hydroxyl groups is 1. The highest BCUT2D eigenvalue weighted by Gasteiger charge is 2.28. The Kier molecular flexibility index (Phi) is 5.62. The number of pyridine rings is 1. The van der Waals surface area contributed by atoms with E-state index < -0.39 is 12.0 Å². The van der Waals surface area contributed by atoms with Crippen LogP contribution in [0.1, 0.15) is 27.5 Å². The number of nitrogens with one attached hydrogen (secondary N) is 1. The molecule has 154 valence electrons. The van der Waals surface area contributed by atoms with Gasteiger partial charge in [0.15, 0.2) is 0 Å². The van der Waals surface area contributed by atoms with E-state index in [1.54, 1.807) is 18.5 Å². The van der Waals surface area contributed by atoms with Crippen molar-refractivity contribution in [3.8, 4) is 5.75 Å². The number of furan rings is 1. The van der Waals surface area contributed by atoms with Crippen LogP contribution in [0.2, 0.25) is 0 Å². The van der Waals surface area contributed by atoms with Crippen molar-refractivity contribution < 1.29 is 19.1 Å². The first-order valence-corrected chi connectivity index (χ1v) is 9.52. The Hall–Kier alpha value is -3.46. The lowest BCUT2D eigenvalue weighted by Gasteiger charge is -2.22. The van der Waals surface area contributed by atoms with E-state index in [4.69, 9.17) is 20.6 Å². The Morgan fingerprint density at radius 3 is 2.60 bits per heavy atom. The van der Waals surface area contributed by atoms with Crippen molar-refractivity contribution in [2.75, 3.05) is 19.8 Å². The standard InChI is InChI=1S/C22H22N4O4/c23-7-10-26-19(13-5-8-25-9-6-13)18-17-16(22(28)30-12-24)11-29-21(17)15-4-2-1-3-14(15)20(18)27/h1-6,8-9,11,19,26-27H,7,10,12,23-24H2. The summed E-state index contributed by atoms with van der Waals surface area (Å²) >= 11 is 0. The summed E-state index contributed by atoms with van der Waals surface area (Å²) in [5.41, 5.74) is 13.2. The molecular formula is C22H22N4O4. The first-order chi connectivity index (χ1) is 14.7. The normalized spacial score (nSPS) is 12.3. The summed E-state index contributed by atoms with van der Waals surface area (Å²) in [5, 5.41) is 16.5. The minimum atomic E-state index is -0.625. The highest BCUT2D eigenvalue weighted by molar-refractivity contribution is 6.16. The summed E-state index contributed by atoms with van der Waals surface area (Å²) in [6.45, 7) is 0.618. The van der Waals surface area contributed by atoms with Gasteiger partial charge in [-0.1, -0.05) is 24.3 Å². The lowest BCUT2D eigenvalue weighted by molar-refractivity contribution is 0.0516. The van der Waals surface area contributed by atoms with E-state index in [1.165, 1.54) is 6.26 Å². The molecule has 30 heavy (non-hydrogen) atoms. The zero-order valence-electron chi connectivity index (χ0n) is 16.2. The van der Waals surface area contributed by atoms with E-state index in [0.717, 1.165) is 5.56 Å². The zero-order chi connectivity index (χ0) is 21.1. The highest BCUT2D eigenvalue weighted by atomic mass is 16.5. The van der Waals surface area contributed by atoms with Gasteiger partial charge in [-0.05, 0) is 17.7 Å². The predicted octanol–water partition coefficient (Wildman–Crippen LogP) is 2.40. The van der Waals surface area contributed by atoms with Crippen LogP contribution >= 0.6 is 0 Å². The molecular weight excluding hydrogens is 384 g/mol. The number of nitrogens with zero attached hydrogens (tertiary/aromatic N) is 1. The van der Waals surface area contributed by atoms with Crippen LogP contribution in [0, 0.1) is 0 Å². The molecule has 4 aromatic rings. The van der Waals surface area contributed by atoms with Gasteiger partial charge in [0.25, 0.3) is 0 Å². The first kappa shape index (κ1) is 19.8. The van der Waals surface area contributed by atoms with Gasteiger partial charge in [0.2, 0.25) is 0 Å². The molecule has 2 aromatic heterocycles. The Morgan fingerprint density at radius 1 is 1.17 bits per heavy atom. The van der Waals surface area contributed by atoms with Gasteiger partial charge >= 0.3 is 5.97 Å². The zero-order valence-corrected chi connectivity index (χ0v) is 16.2. The summed E-state index contributed by atoms with van der Waals surface area (Å²) in [7, 11) is 0. The summed E-state index contributed by atoms with van der Waals surface area (Å²) in [6.07, 6.45) is 4.67. The number of esters is 1. The van der Waals surface area contributed by atoms with Crippen molar-refractivity contribution in [2.45, 2.75) is 6.04 Å². The van der Waals surface area contributed by atoms with Crippen LogP contribution in [0.4, 0.5) is 0 Å². The maximum atomic E-state index is 12.6. The number of phenolic OH excluding ortho intramolecular Hbond substituents is 1. The van der Waals surface area contributed by atoms with Gasteiger partial charge < -0.3 is 25.3 Å². The third-order valence-corrected chi connectivity index (χ3v) is 5.00. The van der Waals surface area contributed by atoms with Gasteiger partial charge in [-0.3, -0.25) is 10.7 Å². The molecule has 0 fully saturated rings. The maximum Gasteiger partial charge on any atom is 0.343 e. The summed E-state index contributed by atoms with van der Waals surface area (Å²) in [5.74, 6) is -0.577. The number of aromatic nitrogens is 1. The van der Waals surface area contributed by atoms with Crippen molar-refractivity contribution >= 4 is 27.7 Å². The second kappa shape index (κ2) is 8.50. The molecule has 0 saturated carbocycles. The number of hydrogen-bond donors (Lipinski definition) is 4. The molecule has 6 N–H and O–H groups in total. The van der Waals surface area contributed by atoms with Crippen LogP contribution in [0.25, 0.3) is 21.7 Å². The van der Waals surface area contributed by atoms with Gasteiger partial charge in [0.1, 0.15) is 29.9 Å². The molecule has 0 saturated heterocycles. The van der Waals surface area contributed by atoms with Crippen molar-refractivity contribution in [3.05, 3.63) is 71.7 Å². The van der Waals surface area contributed by atoms with Crippen LogP contribution in [0.5, 0.6) is 5.75 Å². The van der Waals surface area contributed by atoms with Crippen molar-refractivity contribution in [1.29, 1.82) is 0 Å². The van der Waals surface area contributed by atoms with E-state index in [9.17, 15) is 9.90 Å². The topological polar surface area (TPSA) is 137 Å². The summed E-state index contributed by atoms with van der Waals surface area (Å²) in [6, 6.07) is 10.5. The van der Waals surface area contributed by atoms with Crippen molar-refractivity contribution in [3.63, 3.8) is 0 Å². The van der Waals surface area contributed by atoms with Gasteiger partial charge in [0, 0.05) is 47.2 Å². The summed E-state index contributed by atoms with van der Waals surface area (Å²) < 4.78 is 10.8. The Labute approximate surface area is 172 Å². The Balaban J connectivity index is 2.07. The second-order valence-electron chi connectivity index (χ2n) is 6.72. The Bertz CT molecular complexity index is 1190. The number of fused-ring (bicyclic) bond motifs is 3. The summed E-state index contributed by atoms with van der Waals surface area (Å²) in [4.78, 5) is 16.7. The largest absolute Gasteiger partial charge is 0.507 e. The average molecular weight is 406 g/mol. The number of carbonyl (C=O) groups is 1. The maximum absolute atomic E-state index is 12.6. The molecule has 0 aliphatic rings. The quantitative estimate of drug-likeness (QED) is 0.271. The third-order valence-electron chi connectivity index (χ3n) is 5.00. The number of rotatable bonds is 7. The molecule has 2 heterocycles. The van der Waals surface area contributed by atoms with Gasteiger partial charge in [-0.15, -0.1) is 0 Å². The number of ether oxygens (including phenoxy) is 1. The molecule has 1 unspecified atom stereocenters. The van der Waals surface area contributed by atoms with Crippen LogP contribution in [-0.4, -0.2) is 35.9 Å².